The molecule has 0 aliphatic carbocycles. The normalized spacial score (nSPS) is 15.4. The van der Waals surface area contributed by atoms with Gasteiger partial charge in [0.2, 0.25) is 5.90 Å². The summed E-state index contributed by atoms with van der Waals surface area (Å²) in [5.74, 6) is -1.39. The number of alkyl halides is 3. The first kappa shape index (κ1) is 19.4. The van der Waals surface area contributed by atoms with E-state index in [-0.39, 0.29) is 27.9 Å². The Hall–Kier alpha value is -3.40. The van der Waals surface area contributed by atoms with Gasteiger partial charge in [0.05, 0.1) is 4.92 Å². The molecule has 0 unspecified atom stereocenters. The maximum absolute atomic E-state index is 12.2. The number of rotatable bonds is 4. The van der Waals surface area contributed by atoms with Gasteiger partial charge in [-0.2, -0.15) is 0 Å². The topological polar surface area (TPSA) is 91.0 Å². The number of carbonyl (C=O) groups is 1. The number of nitrogens with zero attached hydrogens (tertiary/aromatic N) is 2. The van der Waals surface area contributed by atoms with Gasteiger partial charge >= 0.3 is 12.3 Å². The van der Waals surface area contributed by atoms with Crippen LogP contribution in [0.2, 0.25) is 5.02 Å². The lowest BCUT2D eigenvalue weighted by Gasteiger charge is -2.08. The maximum atomic E-state index is 12.2. The molecule has 2 aromatic carbocycles. The zero-order valence-corrected chi connectivity index (χ0v) is 14.3. The Morgan fingerprint density at radius 1 is 1.18 bits per heavy atom. The van der Waals surface area contributed by atoms with E-state index in [9.17, 15) is 28.1 Å². The highest BCUT2D eigenvalue weighted by molar-refractivity contribution is 6.32. The summed E-state index contributed by atoms with van der Waals surface area (Å²) in [7, 11) is 0. The summed E-state index contributed by atoms with van der Waals surface area (Å²) in [5, 5.41) is 10.9. The van der Waals surface area contributed by atoms with Crippen LogP contribution >= 0.6 is 11.6 Å². The van der Waals surface area contributed by atoms with Crippen LogP contribution in [-0.2, 0) is 9.53 Å². The molecular weight excluding hydrogens is 405 g/mol. The smallest absolute Gasteiger partial charge is 0.406 e. The minimum atomic E-state index is -4.81. The second-order valence-corrected chi connectivity index (χ2v) is 5.78. The molecule has 0 aromatic heterocycles. The van der Waals surface area contributed by atoms with Crippen molar-refractivity contribution in [2.24, 2.45) is 4.99 Å². The van der Waals surface area contributed by atoms with Crippen molar-refractivity contribution in [3.63, 3.8) is 0 Å². The molecule has 1 aliphatic heterocycles. The molecular formula is C17H8ClF3N2O5. The van der Waals surface area contributed by atoms with Crippen LogP contribution in [0, 0.1) is 10.1 Å². The molecule has 7 nitrogen and oxygen atoms in total. The molecule has 28 heavy (non-hydrogen) atoms. The van der Waals surface area contributed by atoms with Gasteiger partial charge in [0.1, 0.15) is 10.8 Å². The quantitative estimate of drug-likeness (QED) is 0.319. The molecule has 0 saturated heterocycles. The number of carbonyl (C=O) groups excluding carboxylic acids is 1. The number of nitro groups is 1. The summed E-state index contributed by atoms with van der Waals surface area (Å²) in [5.41, 5.74) is 0.0306. The molecule has 0 N–H and O–H groups in total. The molecule has 0 radical (unpaired) electrons. The number of hydrogen-bond donors (Lipinski definition) is 0. The average Bonchev–Trinajstić information content (AvgIpc) is 2.96. The van der Waals surface area contributed by atoms with Crippen LogP contribution in [0.5, 0.6) is 5.75 Å². The van der Waals surface area contributed by atoms with Gasteiger partial charge in [-0.15, -0.1) is 13.2 Å². The highest BCUT2D eigenvalue weighted by Crippen LogP contribution is 2.28. The number of ether oxygens (including phenoxy) is 2. The van der Waals surface area contributed by atoms with Gasteiger partial charge in [0.25, 0.3) is 5.69 Å². The Balaban J connectivity index is 1.86. The number of hydrogen-bond acceptors (Lipinski definition) is 6. The highest BCUT2D eigenvalue weighted by atomic mass is 35.5. The van der Waals surface area contributed by atoms with Crippen molar-refractivity contribution >= 4 is 35.2 Å². The number of halogens is 4. The first-order valence-corrected chi connectivity index (χ1v) is 7.83. The van der Waals surface area contributed by atoms with E-state index in [1.807, 2.05) is 0 Å². The van der Waals surface area contributed by atoms with E-state index >= 15 is 0 Å². The van der Waals surface area contributed by atoms with Crippen LogP contribution < -0.4 is 4.74 Å². The van der Waals surface area contributed by atoms with Crippen LogP contribution in [-0.4, -0.2) is 23.2 Å². The van der Waals surface area contributed by atoms with Gasteiger partial charge in [-0.1, -0.05) is 23.7 Å². The summed E-state index contributed by atoms with van der Waals surface area (Å²) in [6.07, 6.45) is -3.52. The Morgan fingerprint density at radius 2 is 1.86 bits per heavy atom. The van der Waals surface area contributed by atoms with Crippen molar-refractivity contribution in [1.29, 1.82) is 0 Å². The van der Waals surface area contributed by atoms with E-state index in [0.717, 1.165) is 18.2 Å². The van der Waals surface area contributed by atoms with Crippen molar-refractivity contribution < 1.29 is 32.4 Å². The number of benzene rings is 2. The SMILES string of the molecule is O=C1OC(c2ccc(Cl)c([N+](=O)[O-])c2)=NC1=Cc1ccc(OC(F)(F)F)cc1. The van der Waals surface area contributed by atoms with E-state index in [2.05, 4.69) is 9.73 Å². The lowest BCUT2D eigenvalue weighted by molar-refractivity contribution is -0.384. The molecule has 0 atom stereocenters. The van der Waals surface area contributed by atoms with Gasteiger partial charge < -0.3 is 9.47 Å². The fourth-order valence-electron chi connectivity index (χ4n) is 2.24. The zero-order chi connectivity index (χ0) is 20.5. The lowest BCUT2D eigenvalue weighted by Crippen LogP contribution is -2.16. The molecule has 0 bridgehead atoms. The summed E-state index contributed by atoms with van der Waals surface area (Å²) in [6, 6.07) is 8.52. The standard InChI is InChI=1S/C17H8ClF3N2O5/c18-12-6-3-10(8-14(12)23(25)26)15-22-13(16(24)27-15)7-9-1-4-11(5-2-9)28-17(19,20)21/h1-8H. The molecule has 1 heterocycles. The molecule has 0 amide bonds. The summed E-state index contributed by atoms with van der Waals surface area (Å²) in [4.78, 5) is 26.2. The fraction of sp³-hybridized carbons (Fsp3) is 0.0588. The minimum Gasteiger partial charge on any atom is -0.406 e. The summed E-state index contributed by atoms with van der Waals surface area (Å²) >= 11 is 5.73. The maximum Gasteiger partial charge on any atom is 0.573 e. The van der Waals surface area contributed by atoms with E-state index in [1.165, 1.54) is 30.3 Å². The molecule has 11 heteroatoms. The van der Waals surface area contributed by atoms with Crippen LogP contribution in [0.3, 0.4) is 0 Å². The summed E-state index contributed by atoms with van der Waals surface area (Å²) in [6.45, 7) is 0. The van der Waals surface area contributed by atoms with Gasteiger partial charge in [0.15, 0.2) is 5.70 Å². The van der Waals surface area contributed by atoms with Gasteiger partial charge in [-0.25, -0.2) is 9.79 Å². The molecule has 0 fully saturated rings. The van der Waals surface area contributed by atoms with E-state index < -0.39 is 23.0 Å². The average molecular weight is 413 g/mol. The Morgan fingerprint density at radius 3 is 2.46 bits per heavy atom. The van der Waals surface area contributed by atoms with Crippen molar-refractivity contribution in [2.45, 2.75) is 6.36 Å². The Kier molecular flexibility index (Phi) is 5.06. The molecule has 0 spiro atoms. The monoisotopic (exact) mass is 412 g/mol. The minimum absolute atomic E-state index is 0.0874. The molecule has 2 aromatic rings. The third kappa shape index (κ3) is 4.46. The molecule has 0 saturated carbocycles. The third-order valence-electron chi connectivity index (χ3n) is 3.43. The van der Waals surface area contributed by atoms with Crippen LogP contribution in [0.1, 0.15) is 11.1 Å². The largest absolute Gasteiger partial charge is 0.573 e. The van der Waals surface area contributed by atoms with Gasteiger partial charge in [-0.05, 0) is 35.9 Å². The lowest BCUT2D eigenvalue weighted by atomic mass is 10.2. The summed E-state index contributed by atoms with van der Waals surface area (Å²) < 4.78 is 45.3. The van der Waals surface area contributed by atoms with E-state index in [4.69, 9.17) is 16.3 Å². The number of cyclic esters (lactones) is 1. The Labute approximate surface area is 159 Å². The predicted molar refractivity (Wildman–Crippen MR) is 91.8 cm³/mol. The first-order valence-electron chi connectivity index (χ1n) is 7.45. The van der Waals surface area contributed by atoms with Crippen molar-refractivity contribution in [2.75, 3.05) is 0 Å². The van der Waals surface area contributed by atoms with Gasteiger partial charge in [0, 0.05) is 11.6 Å². The van der Waals surface area contributed by atoms with E-state index in [1.54, 1.807) is 0 Å². The zero-order valence-electron chi connectivity index (χ0n) is 13.6. The van der Waals surface area contributed by atoms with Crippen molar-refractivity contribution in [3.8, 4) is 5.75 Å². The second-order valence-electron chi connectivity index (χ2n) is 5.38. The first-order chi connectivity index (χ1) is 13.1. The number of nitro benzene ring substituents is 1. The van der Waals surface area contributed by atoms with Crippen LogP contribution in [0.4, 0.5) is 18.9 Å². The van der Waals surface area contributed by atoms with Crippen LogP contribution in [0.15, 0.2) is 53.2 Å². The van der Waals surface area contributed by atoms with Crippen molar-refractivity contribution in [3.05, 3.63) is 74.4 Å². The van der Waals surface area contributed by atoms with Crippen molar-refractivity contribution in [1.82, 2.24) is 0 Å². The van der Waals surface area contributed by atoms with E-state index in [0.29, 0.717) is 5.56 Å². The number of esters is 1. The van der Waals surface area contributed by atoms with Crippen LogP contribution in [0.25, 0.3) is 6.08 Å². The molecule has 3 rings (SSSR count). The molecule has 1 aliphatic rings. The predicted octanol–water partition coefficient (Wildman–Crippen LogP) is 4.49. The molecule has 144 valence electrons. The number of aliphatic imine (C=N–C) groups is 1. The Bertz CT molecular complexity index is 1020. The highest BCUT2D eigenvalue weighted by Gasteiger charge is 2.31. The second kappa shape index (κ2) is 7.31. The fourth-order valence-corrected chi connectivity index (χ4v) is 2.43. The third-order valence-corrected chi connectivity index (χ3v) is 3.75. The van der Waals surface area contributed by atoms with Gasteiger partial charge in [-0.3, -0.25) is 10.1 Å².